The zero-order valence-corrected chi connectivity index (χ0v) is 21.3. The molecule has 0 atom stereocenters. The Bertz CT molecular complexity index is 1400. The highest BCUT2D eigenvalue weighted by molar-refractivity contribution is 7.98. The van der Waals surface area contributed by atoms with E-state index in [2.05, 4.69) is 20.3 Å². The molecule has 8 nitrogen and oxygen atoms in total. The van der Waals surface area contributed by atoms with E-state index in [1.807, 2.05) is 24.8 Å². The molecule has 0 spiro atoms. The lowest BCUT2D eigenvalue weighted by atomic mass is 10.2. The van der Waals surface area contributed by atoms with Crippen molar-refractivity contribution in [3.8, 4) is 5.69 Å². The van der Waals surface area contributed by atoms with E-state index in [0.29, 0.717) is 54.2 Å². The number of carbonyl (C=O) groups is 1. The second-order valence-electron chi connectivity index (χ2n) is 8.73. The number of hydrogen-bond acceptors (Lipinski definition) is 7. The molecular formula is C26H25F2N7OS. The standard InChI is InChI=1S/C26H25F2N7OS/c1-17-15-18(2)30-26(29-17)37-16-23-24(31-32-35(23)20-9-7-19(27)8-10-20)25(36)34-13-11-33(12-14-34)22-6-4-3-5-21(22)28/h3-10,15H,11-14,16H2,1-2H3. The Morgan fingerprint density at radius 3 is 2.30 bits per heavy atom. The summed E-state index contributed by atoms with van der Waals surface area (Å²) in [7, 11) is 0. The third-order valence-electron chi connectivity index (χ3n) is 6.10. The monoisotopic (exact) mass is 521 g/mol. The highest BCUT2D eigenvalue weighted by Gasteiger charge is 2.29. The number of anilines is 1. The van der Waals surface area contributed by atoms with Crippen LogP contribution in [0.15, 0.2) is 59.8 Å². The number of para-hydroxylation sites is 1. The molecule has 5 rings (SSSR count). The van der Waals surface area contributed by atoms with Crippen molar-refractivity contribution in [3.05, 3.63) is 89.0 Å². The maximum absolute atomic E-state index is 14.2. The summed E-state index contributed by atoms with van der Waals surface area (Å²) in [6.07, 6.45) is 0. The minimum Gasteiger partial charge on any atom is -0.366 e. The Morgan fingerprint density at radius 2 is 1.62 bits per heavy atom. The molecule has 0 unspecified atom stereocenters. The van der Waals surface area contributed by atoms with Gasteiger partial charge in [0.1, 0.15) is 11.6 Å². The van der Waals surface area contributed by atoms with Crippen LogP contribution < -0.4 is 4.90 Å². The predicted molar refractivity (Wildman–Crippen MR) is 137 cm³/mol. The van der Waals surface area contributed by atoms with Gasteiger partial charge in [-0.3, -0.25) is 4.79 Å². The molecule has 1 aliphatic rings. The average Bonchev–Trinajstić information content (AvgIpc) is 3.31. The summed E-state index contributed by atoms with van der Waals surface area (Å²) in [5.41, 5.74) is 3.62. The van der Waals surface area contributed by atoms with Crippen LogP contribution in [0.25, 0.3) is 5.69 Å². The topological polar surface area (TPSA) is 80.0 Å². The molecule has 0 bridgehead atoms. The molecule has 0 saturated carbocycles. The first-order valence-corrected chi connectivity index (χ1v) is 12.8. The fourth-order valence-electron chi connectivity index (χ4n) is 4.29. The van der Waals surface area contributed by atoms with Gasteiger partial charge in [-0.25, -0.2) is 23.4 Å². The normalized spacial score (nSPS) is 13.7. The molecule has 37 heavy (non-hydrogen) atoms. The zero-order valence-electron chi connectivity index (χ0n) is 20.4. The SMILES string of the molecule is Cc1cc(C)nc(SCc2c(C(=O)N3CCN(c4ccccc4F)CC3)nnn2-c2ccc(F)cc2)n1. The van der Waals surface area contributed by atoms with Gasteiger partial charge in [-0.1, -0.05) is 29.1 Å². The molecular weight excluding hydrogens is 496 g/mol. The van der Waals surface area contributed by atoms with Crippen molar-refractivity contribution in [2.75, 3.05) is 31.1 Å². The minimum absolute atomic E-state index is 0.223. The third kappa shape index (κ3) is 5.46. The van der Waals surface area contributed by atoms with Crippen LogP contribution >= 0.6 is 11.8 Å². The number of aryl methyl sites for hydroxylation is 2. The molecule has 0 N–H and O–H groups in total. The average molecular weight is 522 g/mol. The number of piperazine rings is 1. The molecule has 11 heteroatoms. The lowest BCUT2D eigenvalue weighted by molar-refractivity contribution is 0.0739. The molecule has 1 fully saturated rings. The lowest BCUT2D eigenvalue weighted by Gasteiger charge is -2.36. The van der Waals surface area contributed by atoms with Crippen LogP contribution in [0.5, 0.6) is 0 Å². The number of nitrogens with zero attached hydrogens (tertiary/aromatic N) is 7. The molecule has 3 heterocycles. The van der Waals surface area contributed by atoms with Gasteiger partial charge in [0.2, 0.25) is 0 Å². The number of rotatable bonds is 6. The van der Waals surface area contributed by atoms with Gasteiger partial charge in [-0.05, 0) is 56.3 Å². The summed E-state index contributed by atoms with van der Waals surface area (Å²) < 4.78 is 29.3. The van der Waals surface area contributed by atoms with Crippen LogP contribution in [0.2, 0.25) is 0 Å². The first kappa shape index (κ1) is 24.8. The number of aromatic nitrogens is 5. The highest BCUT2D eigenvalue weighted by atomic mass is 32.2. The van der Waals surface area contributed by atoms with Crippen molar-refractivity contribution < 1.29 is 13.6 Å². The number of benzene rings is 2. The molecule has 0 aliphatic carbocycles. The van der Waals surface area contributed by atoms with Crippen molar-refractivity contribution in [3.63, 3.8) is 0 Å². The van der Waals surface area contributed by atoms with Crippen LogP contribution in [-0.4, -0.2) is 61.9 Å². The number of amides is 1. The van der Waals surface area contributed by atoms with Gasteiger partial charge in [-0.2, -0.15) is 0 Å². The first-order valence-electron chi connectivity index (χ1n) is 11.8. The predicted octanol–water partition coefficient (Wildman–Crippen LogP) is 4.21. The van der Waals surface area contributed by atoms with Crippen LogP contribution in [0.1, 0.15) is 27.6 Å². The Labute approximate surface area is 217 Å². The van der Waals surface area contributed by atoms with E-state index in [4.69, 9.17) is 0 Å². The van der Waals surface area contributed by atoms with Gasteiger partial charge in [0.25, 0.3) is 5.91 Å². The quantitative estimate of drug-likeness (QED) is 0.278. The molecule has 2 aromatic carbocycles. The largest absolute Gasteiger partial charge is 0.366 e. The van der Waals surface area contributed by atoms with Crippen molar-refractivity contribution in [1.82, 2.24) is 29.9 Å². The number of carbonyl (C=O) groups excluding carboxylic acids is 1. The third-order valence-corrected chi connectivity index (χ3v) is 6.96. The first-order chi connectivity index (χ1) is 17.9. The van der Waals surface area contributed by atoms with E-state index < -0.39 is 0 Å². The van der Waals surface area contributed by atoms with Gasteiger partial charge >= 0.3 is 0 Å². The van der Waals surface area contributed by atoms with Crippen molar-refractivity contribution in [2.45, 2.75) is 24.8 Å². The molecule has 4 aromatic rings. The van der Waals surface area contributed by atoms with E-state index in [9.17, 15) is 13.6 Å². The molecule has 1 amide bonds. The van der Waals surface area contributed by atoms with Crippen molar-refractivity contribution in [2.24, 2.45) is 0 Å². The van der Waals surface area contributed by atoms with Crippen molar-refractivity contribution >= 4 is 23.4 Å². The van der Waals surface area contributed by atoms with E-state index in [1.54, 1.807) is 39.9 Å². The fourth-order valence-corrected chi connectivity index (χ4v) is 5.23. The Hall–Kier alpha value is -3.86. The number of halogens is 2. The second-order valence-corrected chi connectivity index (χ2v) is 9.67. The lowest BCUT2D eigenvalue weighted by Crippen LogP contribution is -2.49. The molecule has 0 radical (unpaired) electrons. The Morgan fingerprint density at radius 1 is 0.946 bits per heavy atom. The maximum atomic E-state index is 14.2. The van der Waals surface area contributed by atoms with Crippen molar-refractivity contribution in [1.29, 1.82) is 0 Å². The van der Waals surface area contributed by atoms with Gasteiger partial charge in [0, 0.05) is 43.3 Å². The molecule has 1 aliphatic heterocycles. The van der Waals surface area contributed by atoms with Crippen LogP contribution in [0.4, 0.5) is 14.5 Å². The summed E-state index contributed by atoms with van der Waals surface area (Å²) >= 11 is 1.38. The fraction of sp³-hybridized carbons (Fsp3) is 0.269. The van der Waals surface area contributed by atoms with Gasteiger partial charge in [0.05, 0.1) is 17.1 Å². The summed E-state index contributed by atoms with van der Waals surface area (Å²) in [6, 6.07) is 14.4. The summed E-state index contributed by atoms with van der Waals surface area (Å²) in [5, 5.41) is 9.05. The minimum atomic E-state index is -0.368. The van der Waals surface area contributed by atoms with E-state index >= 15 is 0 Å². The van der Waals surface area contributed by atoms with E-state index in [0.717, 1.165) is 11.4 Å². The van der Waals surface area contributed by atoms with E-state index in [-0.39, 0.29) is 23.2 Å². The Balaban J connectivity index is 1.39. The summed E-state index contributed by atoms with van der Waals surface area (Å²) in [4.78, 5) is 26.2. The number of thioether (sulfide) groups is 1. The van der Waals surface area contributed by atoms with E-state index in [1.165, 1.54) is 30.0 Å². The summed E-state index contributed by atoms with van der Waals surface area (Å²) in [6.45, 7) is 5.64. The van der Waals surface area contributed by atoms with Gasteiger partial charge in [0.15, 0.2) is 10.9 Å². The molecule has 190 valence electrons. The van der Waals surface area contributed by atoms with Crippen LogP contribution in [0, 0.1) is 25.5 Å². The highest BCUT2D eigenvalue weighted by Crippen LogP contribution is 2.26. The number of hydrogen-bond donors (Lipinski definition) is 0. The Kier molecular flexibility index (Phi) is 7.13. The van der Waals surface area contributed by atoms with Gasteiger partial charge in [-0.15, -0.1) is 5.10 Å². The molecule has 1 saturated heterocycles. The van der Waals surface area contributed by atoms with Crippen LogP contribution in [0.3, 0.4) is 0 Å². The van der Waals surface area contributed by atoms with Gasteiger partial charge < -0.3 is 9.80 Å². The second kappa shape index (κ2) is 10.6. The smallest absolute Gasteiger partial charge is 0.276 e. The summed E-state index contributed by atoms with van der Waals surface area (Å²) in [5.74, 6) is -0.563. The molecule has 2 aromatic heterocycles. The van der Waals surface area contributed by atoms with Crippen LogP contribution in [-0.2, 0) is 5.75 Å². The zero-order chi connectivity index (χ0) is 25.9. The maximum Gasteiger partial charge on any atom is 0.276 e.